The maximum absolute atomic E-state index is 5.54. The predicted octanol–water partition coefficient (Wildman–Crippen LogP) is 3.63. The summed E-state index contributed by atoms with van der Waals surface area (Å²) in [5, 5.41) is 0. The zero-order chi connectivity index (χ0) is 9.80. The Morgan fingerprint density at radius 1 is 0.786 bits per heavy atom. The maximum atomic E-state index is 5.54. The second kappa shape index (κ2) is 5.16. The summed E-state index contributed by atoms with van der Waals surface area (Å²) in [6.07, 6.45) is 10.00. The molecule has 0 spiro atoms. The molecule has 1 atom stereocenters. The molecule has 0 radical (unpaired) electrons. The summed E-state index contributed by atoms with van der Waals surface area (Å²) in [7, 11) is 0. The van der Waals surface area contributed by atoms with Crippen molar-refractivity contribution in [2.45, 2.75) is 51.9 Å². The lowest BCUT2D eigenvalue weighted by atomic mass is 9.74. The SMILES string of the molecule is CC1CCC(C2CCCOCC2)CC1. The van der Waals surface area contributed by atoms with Gasteiger partial charge in [-0.1, -0.05) is 19.8 Å². The van der Waals surface area contributed by atoms with Crippen molar-refractivity contribution in [1.29, 1.82) is 0 Å². The van der Waals surface area contributed by atoms with Crippen LogP contribution in [0, 0.1) is 17.8 Å². The van der Waals surface area contributed by atoms with Gasteiger partial charge in [0.25, 0.3) is 0 Å². The third kappa shape index (κ3) is 2.73. The van der Waals surface area contributed by atoms with Crippen LogP contribution in [0.4, 0.5) is 0 Å². The van der Waals surface area contributed by atoms with Gasteiger partial charge in [0.2, 0.25) is 0 Å². The number of hydrogen-bond acceptors (Lipinski definition) is 1. The van der Waals surface area contributed by atoms with Gasteiger partial charge in [0.1, 0.15) is 0 Å². The van der Waals surface area contributed by atoms with Gasteiger partial charge in [0, 0.05) is 13.2 Å². The zero-order valence-corrected chi connectivity index (χ0v) is 9.50. The molecule has 0 amide bonds. The standard InChI is InChI=1S/C13H24O/c1-11-4-6-13(7-5-11)12-3-2-9-14-10-8-12/h11-13H,2-10H2,1H3. The zero-order valence-electron chi connectivity index (χ0n) is 9.50. The van der Waals surface area contributed by atoms with E-state index in [1.54, 1.807) is 0 Å². The molecule has 1 saturated carbocycles. The van der Waals surface area contributed by atoms with Crippen LogP contribution in [0.2, 0.25) is 0 Å². The van der Waals surface area contributed by atoms with Gasteiger partial charge in [0.15, 0.2) is 0 Å². The second-order valence-electron chi connectivity index (χ2n) is 5.32. The first kappa shape index (κ1) is 10.5. The van der Waals surface area contributed by atoms with Crippen LogP contribution in [0.3, 0.4) is 0 Å². The number of rotatable bonds is 1. The Labute approximate surface area is 88.2 Å². The van der Waals surface area contributed by atoms with Crippen LogP contribution >= 0.6 is 0 Å². The van der Waals surface area contributed by atoms with E-state index in [2.05, 4.69) is 6.92 Å². The van der Waals surface area contributed by atoms with E-state index in [-0.39, 0.29) is 0 Å². The molecule has 0 aromatic rings. The van der Waals surface area contributed by atoms with Gasteiger partial charge in [-0.25, -0.2) is 0 Å². The van der Waals surface area contributed by atoms with E-state index in [1.165, 1.54) is 44.9 Å². The summed E-state index contributed by atoms with van der Waals surface area (Å²) >= 11 is 0. The first-order chi connectivity index (χ1) is 6.86. The molecule has 2 rings (SSSR count). The predicted molar refractivity (Wildman–Crippen MR) is 59.3 cm³/mol. The Balaban J connectivity index is 1.81. The third-order valence-corrected chi connectivity index (χ3v) is 4.22. The average Bonchev–Trinajstić information content (AvgIpc) is 2.47. The summed E-state index contributed by atoms with van der Waals surface area (Å²) in [6, 6.07) is 0. The first-order valence-corrected chi connectivity index (χ1v) is 6.44. The minimum absolute atomic E-state index is 0.991. The highest BCUT2D eigenvalue weighted by Crippen LogP contribution is 2.37. The van der Waals surface area contributed by atoms with Crippen LogP contribution in [-0.2, 0) is 4.74 Å². The normalized spacial score (nSPS) is 40.5. The monoisotopic (exact) mass is 196 g/mol. The lowest BCUT2D eigenvalue weighted by Crippen LogP contribution is -2.21. The van der Waals surface area contributed by atoms with E-state index in [0.717, 1.165) is 31.0 Å². The summed E-state index contributed by atoms with van der Waals surface area (Å²) in [4.78, 5) is 0. The molecule has 1 heterocycles. The molecule has 0 bridgehead atoms. The highest BCUT2D eigenvalue weighted by molar-refractivity contribution is 4.77. The fraction of sp³-hybridized carbons (Fsp3) is 1.00. The highest BCUT2D eigenvalue weighted by atomic mass is 16.5. The molecule has 1 aliphatic heterocycles. The number of ether oxygens (including phenoxy) is 1. The topological polar surface area (TPSA) is 9.23 Å². The molecule has 1 aliphatic carbocycles. The fourth-order valence-corrected chi connectivity index (χ4v) is 3.16. The summed E-state index contributed by atoms with van der Waals surface area (Å²) in [6.45, 7) is 4.45. The van der Waals surface area contributed by atoms with Crippen LogP contribution in [0.15, 0.2) is 0 Å². The molecule has 82 valence electrons. The van der Waals surface area contributed by atoms with Crippen LogP contribution < -0.4 is 0 Å². The summed E-state index contributed by atoms with van der Waals surface area (Å²) < 4.78 is 5.54. The molecule has 14 heavy (non-hydrogen) atoms. The van der Waals surface area contributed by atoms with Gasteiger partial charge in [0.05, 0.1) is 0 Å². The van der Waals surface area contributed by atoms with E-state index in [1.807, 2.05) is 0 Å². The Hall–Kier alpha value is -0.0400. The lowest BCUT2D eigenvalue weighted by molar-refractivity contribution is 0.132. The molecule has 0 N–H and O–H groups in total. The van der Waals surface area contributed by atoms with Crippen molar-refractivity contribution >= 4 is 0 Å². The lowest BCUT2D eigenvalue weighted by Gasteiger charge is -2.32. The minimum Gasteiger partial charge on any atom is -0.381 e. The molecule has 2 aliphatic rings. The molecular weight excluding hydrogens is 172 g/mol. The molecular formula is C13H24O. The van der Waals surface area contributed by atoms with Crippen LogP contribution in [0.5, 0.6) is 0 Å². The van der Waals surface area contributed by atoms with Crippen molar-refractivity contribution < 1.29 is 4.74 Å². The molecule has 1 saturated heterocycles. The molecule has 1 unspecified atom stereocenters. The third-order valence-electron chi connectivity index (χ3n) is 4.22. The molecule has 1 nitrogen and oxygen atoms in total. The Morgan fingerprint density at radius 3 is 2.29 bits per heavy atom. The van der Waals surface area contributed by atoms with E-state index in [9.17, 15) is 0 Å². The van der Waals surface area contributed by atoms with Gasteiger partial charge in [-0.05, 0) is 49.9 Å². The van der Waals surface area contributed by atoms with Crippen LogP contribution in [0.1, 0.15) is 51.9 Å². The van der Waals surface area contributed by atoms with Crippen molar-refractivity contribution in [1.82, 2.24) is 0 Å². The van der Waals surface area contributed by atoms with Crippen LogP contribution in [-0.4, -0.2) is 13.2 Å². The second-order valence-corrected chi connectivity index (χ2v) is 5.32. The van der Waals surface area contributed by atoms with Crippen molar-refractivity contribution in [3.63, 3.8) is 0 Å². The largest absolute Gasteiger partial charge is 0.381 e. The Kier molecular flexibility index (Phi) is 3.86. The fourth-order valence-electron chi connectivity index (χ4n) is 3.16. The summed E-state index contributed by atoms with van der Waals surface area (Å²) in [5.41, 5.74) is 0. The quantitative estimate of drug-likeness (QED) is 0.622. The van der Waals surface area contributed by atoms with Crippen molar-refractivity contribution in [3.8, 4) is 0 Å². The van der Waals surface area contributed by atoms with Gasteiger partial charge in [-0.15, -0.1) is 0 Å². The van der Waals surface area contributed by atoms with E-state index in [4.69, 9.17) is 4.74 Å². The van der Waals surface area contributed by atoms with Crippen molar-refractivity contribution in [3.05, 3.63) is 0 Å². The van der Waals surface area contributed by atoms with Crippen molar-refractivity contribution in [2.24, 2.45) is 17.8 Å². The van der Waals surface area contributed by atoms with Gasteiger partial charge in [-0.3, -0.25) is 0 Å². The van der Waals surface area contributed by atoms with E-state index < -0.39 is 0 Å². The van der Waals surface area contributed by atoms with Gasteiger partial charge in [-0.2, -0.15) is 0 Å². The molecule has 1 heteroatoms. The maximum Gasteiger partial charge on any atom is 0.0468 e. The number of hydrogen-bond donors (Lipinski definition) is 0. The molecule has 0 aromatic heterocycles. The van der Waals surface area contributed by atoms with E-state index >= 15 is 0 Å². The van der Waals surface area contributed by atoms with Gasteiger partial charge < -0.3 is 4.74 Å². The Bertz CT molecular complexity index is 151. The highest BCUT2D eigenvalue weighted by Gasteiger charge is 2.26. The molecule has 2 fully saturated rings. The first-order valence-electron chi connectivity index (χ1n) is 6.44. The van der Waals surface area contributed by atoms with Gasteiger partial charge >= 0.3 is 0 Å². The Morgan fingerprint density at radius 2 is 1.50 bits per heavy atom. The van der Waals surface area contributed by atoms with Crippen LogP contribution in [0.25, 0.3) is 0 Å². The summed E-state index contributed by atoms with van der Waals surface area (Å²) in [5.74, 6) is 3.02. The van der Waals surface area contributed by atoms with E-state index in [0.29, 0.717) is 0 Å². The molecule has 0 aromatic carbocycles. The smallest absolute Gasteiger partial charge is 0.0468 e. The average molecular weight is 196 g/mol. The minimum atomic E-state index is 0.991. The van der Waals surface area contributed by atoms with Crippen molar-refractivity contribution in [2.75, 3.05) is 13.2 Å².